The van der Waals surface area contributed by atoms with Gasteiger partial charge in [-0.1, -0.05) is 11.6 Å². The van der Waals surface area contributed by atoms with Crippen LogP contribution in [0.2, 0.25) is 5.02 Å². The van der Waals surface area contributed by atoms with Gasteiger partial charge in [-0.05, 0) is 30.3 Å². The fourth-order valence-corrected chi connectivity index (χ4v) is 2.00. The highest BCUT2D eigenvalue weighted by molar-refractivity contribution is 6.31. The zero-order chi connectivity index (χ0) is 16.3. The third kappa shape index (κ3) is 3.51. The van der Waals surface area contributed by atoms with E-state index in [2.05, 4.69) is 0 Å². The van der Waals surface area contributed by atoms with Crippen LogP contribution >= 0.6 is 11.6 Å². The summed E-state index contributed by atoms with van der Waals surface area (Å²) in [5.41, 5.74) is -0.676. The highest BCUT2D eigenvalue weighted by Gasteiger charge is 2.33. The number of rotatable bonds is 4. The molecule has 0 aliphatic carbocycles. The van der Waals surface area contributed by atoms with Gasteiger partial charge in [-0.2, -0.15) is 13.2 Å². The van der Waals surface area contributed by atoms with Gasteiger partial charge in [0.25, 0.3) is 0 Å². The van der Waals surface area contributed by atoms with E-state index in [0.29, 0.717) is 11.8 Å². The number of carbonyl (C=O) groups is 1. The minimum atomic E-state index is -4.57. The summed E-state index contributed by atoms with van der Waals surface area (Å²) < 4.78 is 48.7. The fraction of sp³-hybridized carbons (Fsp3) is 0.133. The molecule has 2 aromatic carbocycles. The van der Waals surface area contributed by atoms with Crippen molar-refractivity contribution in [2.24, 2.45) is 0 Å². The molecule has 2 rings (SSSR count). The van der Waals surface area contributed by atoms with Crippen LogP contribution in [0.4, 0.5) is 13.2 Å². The van der Waals surface area contributed by atoms with Gasteiger partial charge >= 0.3 is 6.18 Å². The molecule has 116 valence electrons. The van der Waals surface area contributed by atoms with Crippen molar-refractivity contribution in [3.63, 3.8) is 0 Å². The van der Waals surface area contributed by atoms with Crippen LogP contribution in [0.5, 0.6) is 17.2 Å². The molecule has 0 atom stereocenters. The van der Waals surface area contributed by atoms with Crippen molar-refractivity contribution in [3.8, 4) is 17.2 Å². The Morgan fingerprint density at radius 2 is 1.73 bits per heavy atom. The second-order valence-electron chi connectivity index (χ2n) is 4.26. The standard InChI is InChI=1S/C15H10ClF3O3/c1-21-14-7-11(3-2-9(14)8-20)22-10-4-5-13(16)12(6-10)15(17,18)19/h2-8H,1H3. The lowest BCUT2D eigenvalue weighted by Crippen LogP contribution is -2.05. The van der Waals surface area contributed by atoms with E-state index in [4.69, 9.17) is 21.1 Å². The van der Waals surface area contributed by atoms with Crippen molar-refractivity contribution in [1.82, 2.24) is 0 Å². The van der Waals surface area contributed by atoms with Crippen LogP contribution in [0.25, 0.3) is 0 Å². The highest BCUT2D eigenvalue weighted by atomic mass is 35.5. The van der Waals surface area contributed by atoms with Crippen molar-refractivity contribution in [1.29, 1.82) is 0 Å². The number of hydrogen-bond donors (Lipinski definition) is 0. The maximum absolute atomic E-state index is 12.8. The molecule has 0 saturated carbocycles. The van der Waals surface area contributed by atoms with Gasteiger partial charge in [0, 0.05) is 6.07 Å². The van der Waals surface area contributed by atoms with Crippen LogP contribution in [-0.4, -0.2) is 13.4 Å². The normalized spacial score (nSPS) is 11.1. The average Bonchev–Trinajstić information content (AvgIpc) is 2.48. The molecule has 0 amide bonds. The maximum atomic E-state index is 12.8. The van der Waals surface area contributed by atoms with E-state index < -0.39 is 16.8 Å². The smallest absolute Gasteiger partial charge is 0.417 e. The number of hydrogen-bond acceptors (Lipinski definition) is 3. The summed E-state index contributed by atoms with van der Waals surface area (Å²) in [5.74, 6) is 0.466. The van der Waals surface area contributed by atoms with Crippen LogP contribution in [0.15, 0.2) is 36.4 Å². The van der Waals surface area contributed by atoms with E-state index in [0.717, 1.165) is 12.1 Å². The fourth-order valence-electron chi connectivity index (χ4n) is 1.77. The first kappa shape index (κ1) is 16.2. The Morgan fingerprint density at radius 1 is 1.09 bits per heavy atom. The van der Waals surface area contributed by atoms with Gasteiger partial charge in [0.1, 0.15) is 17.2 Å². The molecule has 0 bridgehead atoms. The van der Waals surface area contributed by atoms with Gasteiger partial charge in [-0.25, -0.2) is 0 Å². The topological polar surface area (TPSA) is 35.5 Å². The molecule has 3 nitrogen and oxygen atoms in total. The minimum Gasteiger partial charge on any atom is -0.496 e. The second-order valence-corrected chi connectivity index (χ2v) is 4.67. The molecule has 0 aliphatic rings. The predicted octanol–water partition coefficient (Wildman–Crippen LogP) is 4.97. The Balaban J connectivity index is 2.33. The third-order valence-electron chi connectivity index (χ3n) is 2.81. The van der Waals surface area contributed by atoms with Crippen LogP contribution < -0.4 is 9.47 Å². The number of alkyl halides is 3. The van der Waals surface area contributed by atoms with Crippen LogP contribution in [0, 0.1) is 0 Å². The first-order valence-electron chi connectivity index (χ1n) is 6.03. The van der Waals surface area contributed by atoms with Crippen molar-refractivity contribution in [3.05, 3.63) is 52.5 Å². The molecule has 0 aliphatic heterocycles. The molecular weight excluding hydrogens is 321 g/mol. The number of halogens is 4. The number of benzene rings is 2. The summed E-state index contributed by atoms with van der Waals surface area (Å²) in [7, 11) is 1.37. The summed E-state index contributed by atoms with van der Waals surface area (Å²) in [4.78, 5) is 10.8. The van der Waals surface area contributed by atoms with E-state index in [1.165, 1.54) is 31.4 Å². The van der Waals surface area contributed by atoms with E-state index in [9.17, 15) is 18.0 Å². The van der Waals surface area contributed by atoms with E-state index in [1.54, 1.807) is 0 Å². The molecule has 22 heavy (non-hydrogen) atoms. The van der Waals surface area contributed by atoms with Crippen molar-refractivity contribution < 1.29 is 27.4 Å². The Hall–Kier alpha value is -2.21. The molecule has 0 unspecified atom stereocenters. The molecule has 0 saturated heterocycles. The molecule has 0 fully saturated rings. The maximum Gasteiger partial charge on any atom is 0.417 e. The summed E-state index contributed by atoms with van der Waals surface area (Å²) >= 11 is 5.54. The van der Waals surface area contributed by atoms with Crippen LogP contribution in [0.3, 0.4) is 0 Å². The van der Waals surface area contributed by atoms with Crippen molar-refractivity contribution >= 4 is 17.9 Å². The third-order valence-corrected chi connectivity index (χ3v) is 3.14. The first-order valence-corrected chi connectivity index (χ1v) is 6.40. The Labute approximate surface area is 129 Å². The van der Waals surface area contributed by atoms with E-state index in [-0.39, 0.29) is 17.2 Å². The molecule has 0 aromatic heterocycles. The number of ether oxygens (including phenoxy) is 2. The number of methoxy groups -OCH3 is 1. The van der Waals surface area contributed by atoms with Crippen LogP contribution in [-0.2, 0) is 6.18 Å². The van der Waals surface area contributed by atoms with Crippen molar-refractivity contribution in [2.75, 3.05) is 7.11 Å². The molecule has 0 N–H and O–H groups in total. The van der Waals surface area contributed by atoms with Gasteiger partial charge in [0.2, 0.25) is 0 Å². The first-order chi connectivity index (χ1) is 10.3. The SMILES string of the molecule is COc1cc(Oc2ccc(Cl)c(C(F)(F)F)c2)ccc1C=O. The number of aldehydes is 1. The second kappa shape index (κ2) is 6.27. The zero-order valence-corrected chi connectivity index (χ0v) is 12.0. The van der Waals surface area contributed by atoms with Crippen LogP contribution in [0.1, 0.15) is 15.9 Å². The summed E-state index contributed by atoms with van der Waals surface area (Å²) in [6.07, 6.45) is -3.97. The lowest BCUT2D eigenvalue weighted by Gasteiger charge is -2.12. The Bertz CT molecular complexity index is 699. The monoisotopic (exact) mass is 330 g/mol. The zero-order valence-electron chi connectivity index (χ0n) is 11.3. The van der Waals surface area contributed by atoms with Gasteiger partial charge in [-0.3, -0.25) is 4.79 Å². The quantitative estimate of drug-likeness (QED) is 0.742. The largest absolute Gasteiger partial charge is 0.496 e. The number of carbonyl (C=O) groups excluding carboxylic acids is 1. The molecule has 0 radical (unpaired) electrons. The van der Waals surface area contributed by atoms with E-state index in [1.807, 2.05) is 0 Å². The average molecular weight is 331 g/mol. The van der Waals surface area contributed by atoms with Gasteiger partial charge in [-0.15, -0.1) is 0 Å². The Morgan fingerprint density at radius 3 is 2.32 bits per heavy atom. The summed E-state index contributed by atoms with van der Waals surface area (Å²) in [6.45, 7) is 0. The molecule has 0 heterocycles. The molecule has 2 aromatic rings. The predicted molar refractivity (Wildman–Crippen MR) is 74.9 cm³/mol. The van der Waals surface area contributed by atoms with Crippen molar-refractivity contribution in [2.45, 2.75) is 6.18 Å². The molecule has 0 spiro atoms. The summed E-state index contributed by atoms with van der Waals surface area (Å²) in [6, 6.07) is 7.54. The van der Waals surface area contributed by atoms with Gasteiger partial charge in [0.15, 0.2) is 6.29 Å². The molecular formula is C15H10ClF3O3. The van der Waals surface area contributed by atoms with Gasteiger partial charge in [0.05, 0.1) is 23.3 Å². The van der Waals surface area contributed by atoms with Gasteiger partial charge < -0.3 is 9.47 Å². The highest BCUT2D eigenvalue weighted by Crippen LogP contribution is 2.38. The minimum absolute atomic E-state index is 0.0300. The van der Waals surface area contributed by atoms with E-state index >= 15 is 0 Å². The molecule has 7 heteroatoms. The lowest BCUT2D eigenvalue weighted by atomic mass is 10.2. The lowest BCUT2D eigenvalue weighted by molar-refractivity contribution is -0.137. The Kier molecular flexibility index (Phi) is 4.61. The summed E-state index contributed by atoms with van der Waals surface area (Å²) in [5, 5.41) is -0.409.